The SMILES string of the molecule is CN(C[C@@H]1CCCCN1)C(=O)C1=CN(c2ncnc3nc[nH]c23)CCS1.Cl. The highest BCUT2D eigenvalue weighted by Crippen LogP contribution is 2.29. The molecule has 146 valence electrons. The highest BCUT2D eigenvalue weighted by molar-refractivity contribution is 8.04. The average molecular weight is 410 g/mol. The Hall–Kier alpha value is -1.84. The van der Waals surface area contributed by atoms with Crippen molar-refractivity contribution < 1.29 is 4.79 Å². The number of likely N-dealkylation sites (N-methyl/N-ethyl adjacent to an activating group) is 1. The van der Waals surface area contributed by atoms with E-state index in [0.717, 1.165) is 48.0 Å². The summed E-state index contributed by atoms with van der Waals surface area (Å²) in [5.41, 5.74) is 1.43. The Morgan fingerprint density at radius 1 is 1.37 bits per heavy atom. The van der Waals surface area contributed by atoms with Crippen molar-refractivity contribution in [1.29, 1.82) is 0 Å². The number of aromatic amines is 1. The van der Waals surface area contributed by atoms with Crippen molar-refractivity contribution in [3.05, 3.63) is 23.8 Å². The Balaban J connectivity index is 0.00000210. The zero-order chi connectivity index (χ0) is 17.9. The van der Waals surface area contributed by atoms with Gasteiger partial charge in [-0.1, -0.05) is 6.42 Å². The first-order chi connectivity index (χ1) is 12.7. The summed E-state index contributed by atoms with van der Waals surface area (Å²) in [5.74, 6) is 1.67. The van der Waals surface area contributed by atoms with E-state index in [4.69, 9.17) is 0 Å². The van der Waals surface area contributed by atoms with Crippen LogP contribution in [0.25, 0.3) is 11.2 Å². The van der Waals surface area contributed by atoms with Gasteiger partial charge in [-0.3, -0.25) is 4.79 Å². The second kappa shape index (κ2) is 8.90. The average Bonchev–Trinajstić information content (AvgIpc) is 3.17. The van der Waals surface area contributed by atoms with Gasteiger partial charge in [-0.25, -0.2) is 15.0 Å². The monoisotopic (exact) mass is 409 g/mol. The summed E-state index contributed by atoms with van der Waals surface area (Å²) in [7, 11) is 1.89. The Morgan fingerprint density at radius 3 is 3.07 bits per heavy atom. The molecule has 1 amide bonds. The van der Waals surface area contributed by atoms with E-state index >= 15 is 0 Å². The topological polar surface area (TPSA) is 90.0 Å². The minimum absolute atomic E-state index is 0. The summed E-state index contributed by atoms with van der Waals surface area (Å²) in [6, 6.07) is 0.398. The van der Waals surface area contributed by atoms with Gasteiger partial charge in [-0.05, 0) is 19.4 Å². The minimum Gasteiger partial charge on any atom is -0.340 e. The summed E-state index contributed by atoms with van der Waals surface area (Å²) in [6.45, 7) is 2.58. The normalized spacial score (nSPS) is 20.1. The molecule has 0 radical (unpaired) electrons. The van der Waals surface area contributed by atoms with Gasteiger partial charge in [-0.15, -0.1) is 24.2 Å². The maximum atomic E-state index is 12.9. The van der Waals surface area contributed by atoms with E-state index in [1.165, 1.54) is 19.2 Å². The molecule has 2 aromatic heterocycles. The van der Waals surface area contributed by atoms with Gasteiger partial charge in [0.15, 0.2) is 11.5 Å². The molecule has 0 bridgehead atoms. The lowest BCUT2D eigenvalue weighted by Gasteiger charge is -2.30. The highest BCUT2D eigenvalue weighted by Gasteiger charge is 2.25. The largest absolute Gasteiger partial charge is 0.340 e. The number of anilines is 1. The fourth-order valence-corrected chi connectivity index (χ4v) is 4.42. The summed E-state index contributed by atoms with van der Waals surface area (Å²) < 4.78 is 0. The molecule has 1 fully saturated rings. The van der Waals surface area contributed by atoms with Gasteiger partial charge >= 0.3 is 0 Å². The number of imidazole rings is 1. The van der Waals surface area contributed by atoms with E-state index in [-0.39, 0.29) is 18.3 Å². The molecule has 2 aliphatic rings. The van der Waals surface area contributed by atoms with Crippen molar-refractivity contribution in [2.45, 2.75) is 25.3 Å². The zero-order valence-corrected chi connectivity index (χ0v) is 16.9. The van der Waals surface area contributed by atoms with Crippen LogP contribution in [-0.2, 0) is 4.79 Å². The van der Waals surface area contributed by atoms with Crippen LogP contribution in [-0.4, -0.2) is 69.2 Å². The van der Waals surface area contributed by atoms with Crippen LogP contribution < -0.4 is 10.2 Å². The first-order valence-corrected chi connectivity index (χ1v) is 9.95. The van der Waals surface area contributed by atoms with E-state index in [9.17, 15) is 4.79 Å². The molecule has 0 spiro atoms. The van der Waals surface area contributed by atoms with Gasteiger partial charge in [0.2, 0.25) is 0 Å². The molecule has 2 aliphatic heterocycles. The first kappa shape index (κ1) is 19.9. The number of thioether (sulfide) groups is 1. The molecule has 27 heavy (non-hydrogen) atoms. The smallest absolute Gasteiger partial charge is 0.261 e. The van der Waals surface area contributed by atoms with Gasteiger partial charge in [0.1, 0.15) is 11.8 Å². The van der Waals surface area contributed by atoms with Gasteiger partial charge < -0.3 is 20.1 Å². The van der Waals surface area contributed by atoms with Crippen LogP contribution in [0.5, 0.6) is 0 Å². The summed E-state index contributed by atoms with van der Waals surface area (Å²) in [4.78, 5) is 33.3. The van der Waals surface area contributed by atoms with E-state index in [1.807, 2.05) is 23.0 Å². The lowest BCUT2D eigenvalue weighted by molar-refractivity contribution is -0.125. The fourth-order valence-electron chi connectivity index (χ4n) is 3.43. The standard InChI is InChI=1S/C17H23N7OS.ClH/c1-23(8-12-4-2-3-5-18-12)17(25)13-9-24(6-7-26-13)16-14-15(20-10-19-14)21-11-22-16;/h9-12,18H,2-8H2,1H3,(H,19,20,21,22);1H/t12-;/m0./s1. The number of aromatic nitrogens is 4. The minimum atomic E-state index is 0. The second-order valence-corrected chi connectivity index (χ2v) is 7.80. The van der Waals surface area contributed by atoms with Crippen molar-refractivity contribution in [3.8, 4) is 0 Å². The van der Waals surface area contributed by atoms with Gasteiger partial charge in [0.05, 0.1) is 11.2 Å². The second-order valence-electron chi connectivity index (χ2n) is 6.67. The number of carbonyl (C=O) groups is 1. The third-order valence-corrected chi connectivity index (χ3v) is 5.78. The lowest BCUT2D eigenvalue weighted by Crippen LogP contribution is -2.44. The number of hydrogen-bond acceptors (Lipinski definition) is 7. The predicted octanol–water partition coefficient (Wildman–Crippen LogP) is 1.77. The maximum Gasteiger partial charge on any atom is 0.261 e. The number of fused-ring (bicyclic) bond motifs is 1. The van der Waals surface area contributed by atoms with Gasteiger partial charge in [0.25, 0.3) is 5.91 Å². The Labute approximate surface area is 168 Å². The number of rotatable bonds is 4. The van der Waals surface area contributed by atoms with Crippen LogP contribution in [0, 0.1) is 0 Å². The molecule has 2 aromatic rings. The van der Waals surface area contributed by atoms with Crippen LogP contribution in [0.15, 0.2) is 23.8 Å². The van der Waals surface area contributed by atoms with Crippen LogP contribution in [0.1, 0.15) is 19.3 Å². The van der Waals surface area contributed by atoms with Crippen molar-refractivity contribution in [3.63, 3.8) is 0 Å². The van der Waals surface area contributed by atoms with Gasteiger partial charge in [-0.2, -0.15) is 0 Å². The fraction of sp³-hybridized carbons (Fsp3) is 0.529. The van der Waals surface area contributed by atoms with Crippen molar-refractivity contribution in [2.75, 3.05) is 37.3 Å². The van der Waals surface area contributed by atoms with Crippen molar-refractivity contribution in [2.24, 2.45) is 0 Å². The lowest BCUT2D eigenvalue weighted by atomic mass is 10.0. The van der Waals surface area contributed by atoms with Gasteiger partial charge in [0, 0.05) is 38.1 Å². The van der Waals surface area contributed by atoms with E-state index in [1.54, 1.807) is 18.1 Å². The molecule has 0 unspecified atom stereocenters. The molecule has 1 atom stereocenters. The predicted molar refractivity (Wildman–Crippen MR) is 110 cm³/mol. The molecule has 0 saturated carbocycles. The number of halogens is 1. The number of nitrogens with zero attached hydrogens (tertiary/aromatic N) is 5. The first-order valence-electron chi connectivity index (χ1n) is 8.96. The van der Waals surface area contributed by atoms with E-state index in [2.05, 4.69) is 25.3 Å². The van der Waals surface area contributed by atoms with Crippen LogP contribution in [0.3, 0.4) is 0 Å². The number of H-pyrrole nitrogens is 1. The Kier molecular flexibility index (Phi) is 6.56. The quantitative estimate of drug-likeness (QED) is 0.795. The molecule has 4 heterocycles. The summed E-state index contributed by atoms with van der Waals surface area (Å²) >= 11 is 1.61. The molecule has 0 aromatic carbocycles. The third-order valence-electron chi connectivity index (χ3n) is 4.80. The molecule has 10 heteroatoms. The molecule has 8 nitrogen and oxygen atoms in total. The summed E-state index contributed by atoms with van der Waals surface area (Å²) in [6.07, 6.45) is 8.63. The highest BCUT2D eigenvalue weighted by atomic mass is 35.5. The Bertz CT molecular complexity index is 820. The number of nitrogens with one attached hydrogen (secondary N) is 2. The van der Waals surface area contributed by atoms with Crippen molar-refractivity contribution >= 4 is 47.1 Å². The summed E-state index contributed by atoms with van der Waals surface area (Å²) in [5, 5.41) is 3.50. The number of amides is 1. The molecule has 2 N–H and O–H groups in total. The molecule has 1 saturated heterocycles. The number of carbonyl (C=O) groups excluding carboxylic acids is 1. The van der Waals surface area contributed by atoms with Crippen LogP contribution in [0.2, 0.25) is 0 Å². The van der Waals surface area contributed by atoms with Crippen LogP contribution >= 0.6 is 24.2 Å². The molecular weight excluding hydrogens is 386 g/mol. The number of piperidine rings is 1. The van der Waals surface area contributed by atoms with E-state index in [0.29, 0.717) is 11.7 Å². The zero-order valence-electron chi connectivity index (χ0n) is 15.2. The van der Waals surface area contributed by atoms with Crippen molar-refractivity contribution in [1.82, 2.24) is 30.2 Å². The molecule has 0 aliphatic carbocycles. The number of hydrogen-bond donors (Lipinski definition) is 2. The van der Waals surface area contributed by atoms with E-state index < -0.39 is 0 Å². The molecular formula is C17H24ClN7OS. The van der Waals surface area contributed by atoms with Crippen LogP contribution in [0.4, 0.5) is 5.82 Å². The Morgan fingerprint density at radius 2 is 2.26 bits per heavy atom. The maximum absolute atomic E-state index is 12.9. The molecule has 4 rings (SSSR count). The third kappa shape index (κ3) is 4.36.